The van der Waals surface area contributed by atoms with Gasteiger partial charge in [-0.25, -0.2) is 4.79 Å². The van der Waals surface area contributed by atoms with Gasteiger partial charge in [0, 0.05) is 28.4 Å². The Morgan fingerprint density at radius 1 is 0.964 bits per heavy atom. The van der Waals surface area contributed by atoms with Crippen LogP contribution in [-0.4, -0.2) is 56.7 Å². The number of carbonyl (C=O) groups is 1. The lowest BCUT2D eigenvalue weighted by atomic mass is 9.99. The number of para-hydroxylation sites is 2. The molecule has 0 aliphatic carbocycles. The number of hydrogen-bond acceptors (Lipinski definition) is 4. The number of piperidine rings is 1. The van der Waals surface area contributed by atoms with E-state index < -0.39 is 29.9 Å². The highest BCUT2D eigenvalue weighted by Gasteiger charge is 2.40. The van der Waals surface area contributed by atoms with Gasteiger partial charge in [0.05, 0.1) is 18.7 Å². The number of likely N-dealkylation sites (tertiary alicyclic amines) is 1. The van der Waals surface area contributed by atoms with E-state index in [-0.39, 0.29) is 13.1 Å². The number of nitrogens with zero attached hydrogens (tertiary/aromatic N) is 2. The van der Waals surface area contributed by atoms with Gasteiger partial charge in [-0.05, 0) is 32.9 Å². The number of β-amino-alcohol motifs (C(OH)–C–C–N with tert-alkyl or cyclic N) is 1. The first-order valence-corrected chi connectivity index (χ1v) is 9.58. The molecule has 0 unspecified atom stereocenters. The van der Waals surface area contributed by atoms with Gasteiger partial charge in [-0.2, -0.15) is 0 Å². The monoisotopic (exact) mass is 382 g/mol. The molecule has 28 heavy (non-hydrogen) atoms. The van der Waals surface area contributed by atoms with Crippen LogP contribution in [0.4, 0.5) is 4.79 Å². The van der Waals surface area contributed by atoms with Crippen molar-refractivity contribution in [2.45, 2.75) is 44.6 Å². The average molecular weight is 382 g/mol. The Hall–Kier alpha value is -2.57. The second-order valence-electron chi connectivity index (χ2n) is 8.41. The maximum Gasteiger partial charge on any atom is 0.410 e. The molecule has 1 amide bonds. The Morgan fingerprint density at radius 3 is 2.04 bits per heavy atom. The predicted molar refractivity (Wildman–Crippen MR) is 108 cm³/mol. The fourth-order valence-corrected chi connectivity index (χ4v) is 4.02. The van der Waals surface area contributed by atoms with Gasteiger partial charge in [0.15, 0.2) is 0 Å². The highest BCUT2D eigenvalue weighted by molar-refractivity contribution is 6.08. The van der Waals surface area contributed by atoms with Crippen molar-refractivity contribution >= 4 is 27.9 Å². The van der Waals surface area contributed by atoms with Crippen molar-refractivity contribution < 1.29 is 19.7 Å². The lowest BCUT2D eigenvalue weighted by Crippen LogP contribution is -2.55. The number of aliphatic hydroxyl groups excluding tert-OH is 2. The van der Waals surface area contributed by atoms with Crippen LogP contribution in [0.15, 0.2) is 48.5 Å². The molecule has 1 saturated heterocycles. The van der Waals surface area contributed by atoms with Crippen molar-refractivity contribution in [2.75, 3.05) is 13.1 Å². The molecule has 6 heteroatoms. The SMILES string of the molecule is CC(C)(C)OC(=O)N1C[C@@H](O)[C@@H](O)[C@H](n2c3ccccc3c3ccccc32)C1. The summed E-state index contributed by atoms with van der Waals surface area (Å²) in [5.41, 5.74) is 1.30. The lowest BCUT2D eigenvalue weighted by Gasteiger charge is -2.40. The smallest absolute Gasteiger partial charge is 0.410 e. The van der Waals surface area contributed by atoms with Gasteiger partial charge in [0.2, 0.25) is 0 Å². The van der Waals surface area contributed by atoms with Crippen LogP contribution < -0.4 is 0 Å². The highest BCUT2D eigenvalue weighted by Crippen LogP contribution is 2.35. The molecule has 2 heterocycles. The molecule has 4 rings (SSSR count). The molecular weight excluding hydrogens is 356 g/mol. The average Bonchev–Trinajstić information content (AvgIpc) is 2.97. The first kappa shape index (κ1) is 18.8. The molecule has 1 fully saturated rings. The van der Waals surface area contributed by atoms with Crippen LogP contribution in [0.1, 0.15) is 26.8 Å². The van der Waals surface area contributed by atoms with E-state index in [1.807, 2.05) is 73.9 Å². The van der Waals surface area contributed by atoms with Crippen LogP contribution >= 0.6 is 0 Å². The minimum Gasteiger partial charge on any atom is -0.444 e. The molecule has 3 atom stereocenters. The van der Waals surface area contributed by atoms with Crippen molar-refractivity contribution in [3.63, 3.8) is 0 Å². The van der Waals surface area contributed by atoms with Crippen molar-refractivity contribution in [3.05, 3.63) is 48.5 Å². The summed E-state index contributed by atoms with van der Waals surface area (Å²) in [6, 6.07) is 15.5. The van der Waals surface area contributed by atoms with Crippen molar-refractivity contribution in [3.8, 4) is 0 Å². The molecule has 2 aromatic carbocycles. The molecule has 1 aromatic heterocycles. The number of amides is 1. The van der Waals surface area contributed by atoms with Crippen LogP contribution in [-0.2, 0) is 4.74 Å². The first-order chi connectivity index (χ1) is 13.3. The number of ether oxygens (including phenoxy) is 1. The number of rotatable bonds is 1. The van der Waals surface area contributed by atoms with Gasteiger partial charge in [-0.1, -0.05) is 36.4 Å². The van der Waals surface area contributed by atoms with E-state index in [0.29, 0.717) is 0 Å². The van der Waals surface area contributed by atoms with Gasteiger partial charge in [-0.3, -0.25) is 0 Å². The molecule has 1 aliphatic heterocycles. The summed E-state index contributed by atoms with van der Waals surface area (Å²) in [5.74, 6) is 0. The van der Waals surface area contributed by atoms with Gasteiger partial charge in [-0.15, -0.1) is 0 Å². The highest BCUT2D eigenvalue weighted by atomic mass is 16.6. The molecule has 148 valence electrons. The molecule has 2 N–H and O–H groups in total. The van der Waals surface area contributed by atoms with Crippen LogP contribution in [0.2, 0.25) is 0 Å². The van der Waals surface area contributed by atoms with Crippen molar-refractivity contribution in [1.82, 2.24) is 9.47 Å². The number of fused-ring (bicyclic) bond motifs is 3. The van der Waals surface area contributed by atoms with Gasteiger partial charge in [0.25, 0.3) is 0 Å². The molecule has 0 saturated carbocycles. The van der Waals surface area contributed by atoms with E-state index in [2.05, 4.69) is 0 Å². The van der Waals surface area contributed by atoms with Gasteiger partial charge < -0.3 is 24.4 Å². The summed E-state index contributed by atoms with van der Waals surface area (Å²) in [6.07, 6.45) is -2.52. The molecule has 1 aliphatic rings. The Bertz CT molecular complexity index is 967. The zero-order chi connectivity index (χ0) is 20.1. The second kappa shape index (κ2) is 6.79. The third-order valence-electron chi connectivity index (χ3n) is 5.20. The third kappa shape index (κ3) is 3.23. The largest absolute Gasteiger partial charge is 0.444 e. The zero-order valence-corrected chi connectivity index (χ0v) is 16.4. The minimum absolute atomic E-state index is 0.0454. The Morgan fingerprint density at radius 2 is 1.50 bits per heavy atom. The number of hydrogen-bond donors (Lipinski definition) is 2. The summed E-state index contributed by atoms with van der Waals surface area (Å²) in [4.78, 5) is 14.1. The molecular formula is C22H26N2O4. The van der Waals surface area contributed by atoms with E-state index in [4.69, 9.17) is 4.74 Å². The number of aromatic nitrogens is 1. The van der Waals surface area contributed by atoms with Crippen LogP contribution in [0, 0.1) is 0 Å². The fourth-order valence-electron chi connectivity index (χ4n) is 4.02. The van der Waals surface area contributed by atoms with Gasteiger partial charge >= 0.3 is 6.09 Å². The second-order valence-corrected chi connectivity index (χ2v) is 8.41. The van der Waals surface area contributed by atoms with Crippen molar-refractivity contribution in [1.29, 1.82) is 0 Å². The van der Waals surface area contributed by atoms with E-state index in [0.717, 1.165) is 21.8 Å². The molecule has 0 spiro atoms. The number of benzene rings is 2. The molecule has 6 nitrogen and oxygen atoms in total. The first-order valence-electron chi connectivity index (χ1n) is 9.58. The maximum absolute atomic E-state index is 12.6. The number of carbonyl (C=O) groups excluding carboxylic acids is 1. The summed E-state index contributed by atoms with van der Waals surface area (Å²) >= 11 is 0. The van der Waals surface area contributed by atoms with E-state index >= 15 is 0 Å². The molecule has 0 bridgehead atoms. The van der Waals surface area contributed by atoms with Gasteiger partial charge in [0.1, 0.15) is 11.7 Å². The van der Waals surface area contributed by atoms with E-state index in [1.165, 1.54) is 4.90 Å². The van der Waals surface area contributed by atoms with E-state index in [9.17, 15) is 15.0 Å². The normalized spacial score (nSPS) is 23.3. The van der Waals surface area contributed by atoms with Crippen LogP contribution in [0.5, 0.6) is 0 Å². The molecule has 0 radical (unpaired) electrons. The van der Waals surface area contributed by atoms with E-state index in [1.54, 1.807) is 0 Å². The fraction of sp³-hybridized carbons (Fsp3) is 0.409. The summed E-state index contributed by atoms with van der Waals surface area (Å²) < 4.78 is 7.52. The van der Waals surface area contributed by atoms with Crippen LogP contribution in [0.3, 0.4) is 0 Å². The van der Waals surface area contributed by atoms with Crippen LogP contribution in [0.25, 0.3) is 21.8 Å². The Balaban J connectivity index is 1.79. The zero-order valence-electron chi connectivity index (χ0n) is 16.4. The minimum atomic E-state index is -1.05. The quantitative estimate of drug-likeness (QED) is 0.677. The summed E-state index contributed by atoms with van der Waals surface area (Å²) in [6.45, 7) is 5.74. The van der Waals surface area contributed by atoms with Crippen molar-refractivity contribution in [2.24, 2.45) is 0 Å². The summed E-state index contributed by atoms with van der Waals surface area (Å²) in [7, 11) is 0. The third-order valence-corrected chi connectivity index (χ3v) is 5.20. The lowest BCUT2D eigenvalue weighted by molar-refractivity contribution is -0.0704. The Labute approximate surface area is 163 Å². The topological polar surface area (TPSA) is 74.9 Å². The Kier molecular flexibility index (Phi) is 4.56. The summed E-state index contributed by atoms with van der Waals surface area (Å²) in [5, 5.41) is 23.5. The predicted octanol–water partition coefficient (Wildman–Crippen LogP) is 3.31. The standard InChI is InChI=1S/C22H26N2O4/c1-22(2,3)28-21(27)23-12-18(20(26)19(25)13-23)24-16-10-6-4-8-14(16)15-9-5-7-11-17(15)24/h4-11,18-20,25-26H,12-13H2,1-3H3/t18-,19-,20+/m1/s1. The molecule has 3 aromatic rings. The maximum atomic E-state index is 12.6. The number of aliphatic hydroxyl groups is 2.